The summed E-state index contributed by atoms with van der Waals surface area (Å²) in [5.74, 6) is 1.51. The van der Waals surface area contributed by atoms with Crippen LogP contribution in [0, 0.1) is 5.82 Å². The lowest BCUT2D eigenvalue weighted by Gasteiger charge is -2.11. The third-order valence-corrected chi connectivity index (χ3v) is 5.38. The largest absolute Gasteiger partial charge is 0.481 e. The lowest BCUT2D eigenvalue weighted by atomic mass is 10.2. The monoisotopic (exact) mass is 506 g/mol. The van der Waals surface area contributed by atoms with E-state index in [4.69, 9.17) is 21.1 Å². The van der Waals surface area contributed by atoms with E-state index in [1.165, 1.54) is 12.1 Å². The molecule has 0 amide bonds. The van der Waals surface area contributed by atoms with Crippen molar-refractivity contribution in [3.63, 3.8) is 0 Å². The fourth-order valence-electron chi connectivity index (χ4n) is 3.42. The van der Waals surface area contributed by atoms with Gasteiger partial charge in [-0.05, 0) is 48.5 Å². The third kappa shape index (κ3) is 5.36. The molecule has 2 aromatic carbocycles. The number of rotatable bonds is 6. The summed E-state index contributed by atoms with van der Waals surface area (Å²) in [7, 11) is 1.55. The molecule has 1 N–H and O–H groups in total. The first-order valence-electron chi connectivity index (χ1n) is 11.3. The molecule has 8 nitrogen and oxygen atoms in total. The van der Waals surface area contributed by atoms with Gasteiger partial charge in [-0.25, -0.2) is 9.37 Å². The van der Waals surface area contributed by atoms with Gasteiger partial charge in [0.1, 0.15) is 5.82 Å². The second-order valence-electron chi connectivity index (χ2n) is 7.22. The maximum Gasteiger partial charge on any atom is 0.233 e. The van der Waals surface area contributed by atoms with Crippen LogP contribution in [0.15, 0.2) is 78.0 Å². The molecular formula is C26H24ClFN6O2. The van der Waals surface area contributed by atoms with Crippen LogP contribution in [0.5, 0.6) is 5.88 Å². The molecule has 4 aromatic rings. The van der Waals surface area contributed by atoms with E-state index in [1.54, 1.807) is 54.3 Å². The molecule has 36 heavy (non-hydrogen) atoms. The molecule has 0 spiro atoms. The number of hydrogen-bond acceptors (Lipinski definition) is 7. The Hall–Kier alpha value is -4.24. The molecule has 1 unspecified atom stereocenters. The number of aromatic nitrogens is 4. The topological polar surface area (TPSA) is 86.5 Å². The van der Waals surface area contributed by atoms with Gasteiger partial charge in [0.2, 0.25) is 18.0 Å². The van der Waals surface area contributed by atoms with E-state index in [0.717, 1.165) is 5.56 Å². The number of para-hydroxylation sites is 1. The number of pyridine rings is 1. The van der Waals surface area contributed by atoms with Gasteiger partial charge in [-0.15, -0.1) is 15.3 Å². The predicted octanol–water partition coefficient (Wildman–Crippen LogP) is 5.80. The summed E-state index contributed by atoms with van der Waals surface area (Å²) in [5, 5.41) is 13.4. The number of hydrogen-bond donors (Lipinski definition) is 1. The average Bonchev–Trinajstić information content (AvgIpc) is 3.57. The molecule has 5 rings (SSSR count). The van der Waals surface area contributed by atoms with E-state index in [0.29, 0.717) is 39.7 Å². The highest BCUT2D eigenvalue weighted by molar-refractivity contribution is 6.32. The Bertz CT molecular complexity index is 1390. The zero-order valence-electron chi connectivity index (χ0n) is 19.9. The zero-order valence-corrected chi connectivity index (χ0v) is 20.6. The van der Waals surface area contributed by atoms with Gasteiger partial charge in [-0.3, -0.25) is 9.99 Å². The lowest BCUT2D eigenvalue weighted by Crippen LogP contribution is -2.12. The van der Waals surface area contributed by atoms with E-state index in [9.17, 15) is 4.39 Å². The molecule has 0 saturated heterocycles. The quantitative estimate of drug-likeness (QED) is 0.355. The Balaban J connectivity index is 0.00000148. The standard InChI is InChI=1S/C24H18ClFN6O2.C2H6/c1-33-22-14-16(12-13-27-22)24-31-29-21(34-24)11-10-20-28-30-23(15-6-8-17(26)9-7-15)32(20)19-5-3-2-4-18(19)25;1-2/h2-14,24,31H,1H3;1-2H3/b11-10+;. The summed E-state index contributed by atoms with van der Waals surface area (Å²) in [6, 6.07) is 16.9. The van der Waals surface area contributed by atoms with E-state index >= 15 is 0 Å². The van der Waals surface area contributed by atoms with E-state index in [-0.39, 0.29) is 5.82 Å². The first kappa shape index (κ1) is 24.9. The average molecular weight is 507 g/mol. The molecule has 0 saturated carbocycles. The number of nitrogens with one attached hydrogen (secondary N) is 1. The summed E-state index contributed by atoms with van der Waals surface area (Å²) in [5.41, 5.74) is 5.12. The Kier molecular flexibility index (Phi) is 7.92. The van der Waals surface area contributed by atoms with Crippen LogP contribution in [0.2, 0.25) is 5.02 Å². The number of ether oxygens (including phenoxy) is 2. The van der Waals surface area contributed by atoms with Gasteiger partial charge in [-0.1, -0.05) is 37.6 Å². The van der Waals surface area contributed by atoms with Gasteiger partial charge < -0.3 is 9.47 Å². The van der Waals surface area contributed by atoms with Crippen molar-refractivity contribution in [1.82, 2.24) is 25.2 Å². The van der Waals surface area contributed by atoms with Crippen molar-refractivity contribution in [1.29, 1.82) is 0 Å². The lowest BCUT2D eigenvalue weighted by molar-refractivity contribution is 0.192. The maximum atomic E-state index is 13.5. The van der Waals surface area contributed by atoms with Gasteiger partial charge in [0.25, 0.3) is 0 Å². The van der Waals surface area contributed by atoms with E-state index in [2.05, 4.69) is 25.7 Å². The van der Waals surface area contributed by atoms with Crippen molar-refractivity contribution >= 4 is 23.6 Å². The van der Waals surface area contributed by atoms with Crippen LogP contribution in [0.4, 0.5) is 4.39 Å². The van der Waals surface area contributed by atoms with Crippen LogP contribution < -0.4 is 10.2 Å². The first-order chi connectivity index (χ1) is 17.6. The van der Waals surface area contributed by atoms with Crippen molar-refractivity contribution in [3.05, 3.63) is 95.2 Å². The molecule has 2 aromatic heterocycles. The highest BCUT2D eigenvalue weighted by Gasteiger charge is 2.21. The number of benzene rings is 2. The second-order valence-corrected chi connectivity index (χ2v) is 7.62. The maximum absolute atomic E-state index is 13.5. The second kappa shape index (κ2) is 11.5. The van der Waals surface area contributed by atoms with Crippen LogP contribution in [-0.4, -0.2) is 32.8 Å². The number of methoxy groups -OCH3 is 1. The molecule has 3 heterocycles. The number of hydrazone groups is 1. The number of halogens is 2. The number of nitrogens with zero attached hydrogens (tertiary/aromatic N) is 5. The van der Waals surface area contributed by atoms with Gasteiger partial charge >= 0.3 is 0 Å². The smallest absolute Gasteiger partial charge is 0.233 e. The molecule has 0 aliphatic carbocycles. The van der Waals surface area contributed by atoms with E-state index < -0.39 is 6.23 Å². The minimum atomic E-state index is -0.479. The fourth-order valence-corrected chi connectivity index (χ4v) is 3.64. The van der Waals surface area contributed by atoms with Crippen LogP contribution in [0.1, 0.15) is 31.5 Å². The Morgan fingerprint density at radius 1 is 1.06 bits per heavy atom. The van der Waals surface area contributed by atoms with Crippen LogP contribution in [0.25, 0.3) is 23.2 Å². The molecule has 0 fully saturated rings. The van der Waals surface area contributed by atoms with Crippen molar-refractivity contribution in [3.8, 4) is 23.0 Å². The van der Waals surface area contributed by atoms with Crippen LogP contribution in [0.3, 0.4) is 0 Å². The molecule has 1 aliphatic heterocycles. The fraction of sp³-hybridized carbons (Fsp3) is 0.154. The van der Waals surface area contributed by atoms with Gasteiger partial charge in [-0.2, -0.15) is 0 Å². The summed E-state index contributed by atoms with van der Waals surface area (Å²) in [4.78, 5) is 4.10. The Morgan fingerprint density at radius 2 is 1.83 bits per heavy atom. The molecule has 10 heteroatoms. The summed E-state index contributed by atoms with van der Waals surface area (Å²) >= 11 is 6.48. The van der Waals surface area contributed by atoms with Crippen LogP contribution >= 0.6 is 11.6 Å². The van der Waals surface area contributed by atoms with E-state index in [1.807, 2.05) is 38.1 Å². The molecule has 1 aliphatic rings. The zero-order chi connectivity index (χ0) is 25.5. The third-order valence-electron chi connectivity index (χ3n) is 5.06. The van der Waals surface area contributed by atoms with Crippen LogP contribution in [-0.2, 0) is 4.74 Å². The van der Waals surface area contributed by atoms with Crippen molar-refractivity contribution in [2.75, 3.05) is 7.11 Å². The summed E-state index contributed by atoms with van der Waals surface area (Å²) in [6.07, 6.45) is 4.56. The van der Waals surface area contributed by atoms with Crippen molar-refractivity contribution in [2.24, 2.45) is 5.10 Å². The van der Waals surface area contributed by atoms with Gasteiger partial charge in [0.15, 0.2) is 11.6 Å². The first-order valence-corrected chi connectivity index (χ1v) is 11.6. The minimum Gasteiger partial charge on any atom is -0.481 e. The van der Waals surface area contributed by atoms with Gasteiger partial charge in [0.05, 0.1) is 17.8 Å². The van der Waals surface area contributed by atoms with Crippen molar-refractivity contribution < 1.29 is 13.9 Å². The molecule has 184 valence electrons. The highest BCUT2D eigenvalue weighted by Crippen LogP contribution is 2.28. The Morgan fingerprint density at radius 3 is 2.58 bits per heavy atom. The molecular weight excluding hydrogens is 483 g/mol. The molecule has 0 radical (unpaired) electrons. The molecule has 1 atom stereocenters. The van der Waals surface area contributed by atoms with Gasteiger partial charge in [0, 0.05) is 29.5 Å². The summed E-state index contributed by atoms with van der Waals surface area (Å²) < 4.78 is 26.3. The molecule has 0 bridgehead atoms. The SMILES string of the molecule is CC.COc1cc(C2NN=C(/C=C/c3nnc(-c4ccc(F)cc4)n3-c3ccccc3Cl)O2)ccn1. The summed E-state index contributed by atoms with van der Waals surface area (Å²) in [6.45, 7) is 4.00. The predicted molar refractivity (Wildman–Crippen MR) is 137 cm³/mol. The van der Waals surface area contributed by atoms with Crippen molar-refractivity contribution in [2.45, 2.75) is 20.1 Å². The normalized spacial score (nSPS) is 14.5. The highest BCUT2D eigenvalue weighted by atomic mass is 35.5. The minimum absolute atomic E-state index is 0.335. The Labute approximate surface area is 213 Å².